The molecule has 0 saturated heterocycles. The van der Waals surface area contributed by atoms with Gasteiger partial charge in [-0.2, -0.15) is 13.2 Å². The van der Waals surface area contributed by atoms with Crippen LogP contribution in [-0.4, -0.2) is 28.2 Å². The number of amidine groups is 1. The normalized spacial score (nSPS) is 16.9. The lowest BCUT2D eigenvalue weighted by molar-refractivity contribution is -0.137. The molecule has 1 aliphatic rings. The maximum Gasteiger partial charge on any atom is 0.416 e. The van der Waals surface area contributed by atoms with Gasteiger partial charge in [0.1, 0.15) is 0 Å². The summed E-state index contributed by atoms with van der Waals surface area (Å²) >= 11 is 0. The van der Waals surface area contributed by atoms with E-state index in [0.717, 1.165) is 36.5 Å². The summed E-state index contributed by atoms with van der Waals surface area (Å²) in [4.78, 5) is 0. The highest BCUT2D eigenvalue weighted by Crippen LogP contribution is 2.31. The zero-order chi connectivity index (χ0) is 21.8. The number of alkyl halides is 3. The zero-order valence-electron chi connectivity index (χ0n) is 16.5. The first kappa shape index (κ1) is 21.9. The van der Waals surface area contributed by atoms with Crippen LogP contribution in [0.25, 0.3) is 0 Å². The number of rotatable bonds is 6. The Morgan fingerprint density at radius 3 is 2.33 bits per heavy atom. The number of halogens is 3. The van der Waals surface area contributed by atoms with Crippen LogP contribution in [0.15, 0.2) is 53.6 Å². The third kappa shape index (κ3) is 5.64. The Balaban J connectivity index is 1.74. The first-order valence-corrected chi connectivity index (χ1v) is 9.79. The van der Waals surface area contributed by atoms with E-state index in [4.69, 9.17) is 11.6 Å². The number of nitrogens with one attached hydrogen (secondary N) is 1. The second-order valence-corrected chi connectivity index (χ2v) is 7.61. The van der Waals surface area contributed by atoms with Gasteiger partial charge in [0.05, 0.1) is 17.7 Å². The molecule has 6 N–H and O–H groups in total. The Morgan fingerprint density at radius 2 is 1.70 bits per heavy atom. The first-order valence-electron chi connectivity index (χ1n) is 9.79. The Labute approximate surface area is 173 Å². The van der Waals surface area contributed by atoms with Crippen molar-refractivity contribution in [1.82, 2.24) is 5.12 Å². The first-order chi connectivity index (χ1) is 14.2. The Bertz CT molecular complexity index is 877. The van der Waals surface area contributed by atoms with E-state index in [1.54, 1.807) is 24.3 Å². The Hall–Kier alpha value is -2.78. The fraction of sp³-hybridized carbons (Fsp3) is 0.381. The number of hydrazine groups is 1. The van der Waals surface area contributed by atoms with Crippen LogP contribution >= 0.6 is 0 Å². The molecule has 0 amide bonds. The molecule has 0 aliphatic heterocycles. The molecule has 0 spiro atoms. The number of hydrazone groups is 1. The maximum absolute atomic E-state index is 12.7. The number of benzene rings is 2. The molecular weight excluding hydrogens is 395 g/mol. The van der Waals surface area contributed by atoms with Crippen molar-refractivity contribution in [2.24, 2.45) is 16.7 Å². The smallest absolute Gasteiger partial charge is 0.388 e. The highest BCUT2D eigenvalue weighted by molar-refractivity contribution is 6.02. The molecule has 6 nitrogen and oxygen atoms in total. The summed E-state index contributed by atoms with van der Waals surface area (Å²) in [6.45, 7) is 0.169. The summed E-state index contributed by atoms with van der Waals surface area (Å²) in [6.07, 6.45) is -0.0565. The predicted octanol–water partition coefficient (Wildman–Crippen LogP) is 3.94. The van der Waals surface area contributed by atoms with Crippen LogP contribution in [0.1, 0.15) is 43.2 Å². The summed E-state index contributed by atoms with van der Waals surface area (Å²) in [5, 5.41) is 19.0. The van der Waals surface area contributed by atoms with E-state index in [1.807, 2.05) is 0 Å². The van der Waals surface area contributed by atoms with Gasteiger partial charge in [-0.1, -0.05) is 31.4 Å². The zero-order valence-corrected chi connectivity index (χ0v) is 16.5. The molecule has 2 aromatic rings. The number of nitrogens with zero attached hydrogens (tertiary/aromatic N) is 2. The van der Waals surface area contributed by atoms with E-state index in [2.05, 4.69) is 10.4 Å². The van der Waals surface area contributed by atoms with Crippen molar-refractivity contribution in [2.75, 3.05) is 11.9 Å². The van der Waals surface area contributed by atoms with Crippen molar-refractivity contribution in [2.45, 2.75) is 43.9 Å². The highest BCUT2D eigenvalue weighted by Gasteiger charge is 2.31. The van der Waals surface area contributed by atoms with Crippen LogP contribution in [0.3, 0.4) is 0 Å². The highest BCUT2D eigenvalue weighted by atomic mass is 19.4. The summed E-state index contributed by atoms with van der Waals surface area (Å²) < 4.78 is 38.2. The van der Waals surface area contributed by atoms with E-state index in [1.165, 1.54) is 12.1 Å². The van der Waals surface area contributed by atoms with Crippen LogP contribution in [0.5, 0.6) is 0 Å². The van der Waals surface area contributed by atoms with Gasteiger partial charge in [-0.15, -0.1) is 5.10 Å². The van der Waals surface area contributed by atoms with Crippen LogP contribution in [0.2, 0.25) is 0 Å². The van der Waals surface area contributed by atoms with Gasteiger partial charge < -0.3 is 16.2 Å². The molecule has 0 unspecified atom stereocenters. The number of aliphatic hydroxyl groups is 1. The SMILES string of the molecule is N/C(=N\N(N)CC1(O)CCCCC1)c1ccccc1Nc1ccc(C(F)(F)F)cc1. The minimum absolute atomic E-state index is 0.131. The molecule has 30 heavy (non-hydrogen) atoms. The van der Waals surface area contributed by atoms with E-state index in [9.17, 15) is 18.3 Å². The van der Waals surface area contributed by atoms with E-state index in [-0.39, 0.29) is 12.4 Å². The maximum atomic E-state index is 12.7. The van der Waals surface area contributed by atoms with Crippen molar-refractivity contribution >= 4 is 17.2 Å². The van der Waals surface area contributed by atoms with Crippen molar-refractivity contribution in [1.29, 1.82) is 0 Å². The van der Waals surface area contributed by atoms with Gasteiger partial charge in [0.2, 0.25) is 0 Å². The standard InChI is InChI=1S/C21H26F3N5O/c22-21(23,24)15-8-10-16(11-9-15)27-18-7-3-2-6-17(18)19(25)28-29(26)14-20(30)12-4-1-5-13-20/h2-3,6-11,27,30H,1,4-5,12-14,26H2,(H2,25,28). The second kappa shape index (κ2) is 8.93. The number of para-hydroxylation sites is 1. The quantitative estimate of drug-likeness (QED) is 0.245. The minimum Gasteiger partial charge on any atom is -0.388 e. The molecular formula is C21H26F3N5O. The molecule has 9 heteroatoms. The molecule has 0 bridgehead atoms. The van der Waals surface area contributed by atoms with Gasteiger partial charge in [-0.3, -0.25) is 0 Å². The largest absolute Gasteiger partial charge is 0.416 e. The second-order valence-electron chi connectivity index (χ2n) is 7.61. The molecule has 1 aliphatic carbocycles. The average Bonchev–Trinajstić information content (AvgIpc) is 2.68. The molecule has 0 heterocycles. The van der Waals surface area contributed by atoms with Gasteiger partial charge in [0, 0.05) is 16.9 Å². The van der Waals surface area contributed by atoms with E-state index in [0.29, 0.717) is 29.8 Å². The van der Waals surface area contributed by atoms with Crippen LogP contribution in [0.4, 0.5) is 24.5 Å². The summed E-state index contributed by atoms with van der Waals surface area (Å²) in [6, 6.07) is 11.7. The average molecular weight is 421 g/mol. The lowest BCUT2D eigenvalue weighted by Crippen LogP contribution is -2.46. The van der Waals surface area contributed by atoms with Gasteiger partial charge >= 0.3 is 6.18 Å². The van der Waals surface area contributed by atoms with Crippen molar-refractivity contribution in [3.8, 4) is 0 Å². The minimum atomic E-state index is -4.39. The lowest BCUT2D eigenvalue weighted by Gasteiger charge is -2.34. The summed E-state index contributed by atoms with van der Waals surface area (Å²) in [7, 11) is 0. The third-order valence-electron chi connectivity index (χ3n) is 5.17. The fourth-order valence-electron chi connectivity index (χ4n) is 3.61. The molecule has 0 radical (unpaired) electrons. The van der Waals surface area contributed by atoms with Crippen molar-refractivity contribution in [3.63, 3.8) is 0 Å². The molecule has 162 valence electrons. The Morgan fingerprint density at radius 1 is 1.07 bits per heavy atom. The van der Waals surface area contributed by atoms with Crippen molar-refractivity contribution in [3.05, 3.63) is 59.7 Å². The van der Waals surface area contributed by atoms with Crippen molar-refractivity contribution < 1.29 is 18.3 Å². The molecule has 2 aromatic carbocycles. The van der Waals surface area contributed by atoms with Crippen LogP contribution in [-0.2, 0) is 6.18 Å². The number of hydrogen-bond donors (Lipinski definition) is 4. The molecule has 0 aromatic heterocycles. The van der Waals surface area contributed by atoms with Gasteiger partial charge in [0.25, 0.3) is 0 Å². The van der Waals surface area contributed by atoms with Gasteiger partial charge in [-0.25, -0.2) is 11.0 Å². The molecule has 0 atom stereocenters. The van der Waals surface area contributed by atoms with E-state index >= 15 is 0 Å². The van der Waals surface area contributed by atoms with E-state index < -0.39 is 17.3 Å². The lowest BCUT2D eigenvalue weighted by atomic mass is 9.85. The fourth-order valence-corrected chi connectivity index (χ4v) is 3.61. The third-order valence-corrected chi connectivity index (χ3v) is 5.17. The molecule has 1 fully saturated rings. The van der Waals surface area contributed by atoms with Gasteiger partial charge in [-0.05, 0) is 49.2 Å². The topological polar surface area (TPSA) is 99.9 Å². The molecule has 3 rings (SSSR count). The summed E-state index contributed by atoms with van der Waals surface area (Å²) in [5.41, 5.74) is 6.13. The number of nitrogens with two attached hydrogens (primary N) is 2. The molecule has 1 saturated carbocycles. The summed E-state index contributed by atoms with van der Waals surface area (Å²) in [5.74, 6) is 6.10. The monoisotopic (exact) mass is 421 g/mol. The Kier molecular flexibility index (Phi) is 6.52. The predicted molar refractivity (Wildman–Crippen MR) is 111 cm³/mol. The number of hydrogen-bond acceptors (Lipinski definition) is 5. The number of anilines is 2. The van der Waals surface area contributed by atoms with Crippen LogP contribution in [0, 0.1) is 0 Å². The van der Waals surface area contributed by atoms with Crippen LogP contribution < -0.4 is 16.9 Å². The van der Waals surface area contributed by atoms with Gasteiger partial charge in [0.15, 0.2) is 5.84 Å².